The predicted octanol–water partition coefficient (Wildman–Crippen LogP) is 3.89. The first kappa shape index (κ1) is 19.2. The van der Waals surface area contributed by atoms with Gasteiger partial charge in [0.05, 0.1) is 5.69 Å². The van der Waals surface area contributed by atoms with Gasteiger partial charge in [-0.3, -0.25) is 0 Å². The third kappa shape index (κ3) is 3.90. The maximum atomic E-state index is 11.0. The van der Waals surface area contributed by atoms with E-state index in [2.05, 4.69) is 59.5 Å². The number of hydrogen-bond acceptors (Lipinski definition) is 5. The summed E-state index contributed by atoms with van der Waals surface area (Å²) in [4.78, 5) is 22.7. The van der Waals surface area contributed by atoms with Gasteiger partial charge in [-0.1, -0.05) is 13.8 Å². The maximum absolute atomic E-state index is 11.0. The van der Waals surface area contributed by atoms with Gasteiger partial charge in [0, 0.05) is 55.6 Å². The molecule has 3 aromatic heterocycles. The third-order valence-corrected chi connectivity index (χ3v) is 5.49. The van der Waals surface area contributed by atoms with Gasteiger partial charge >= 0.3 is 6.09 Å². The Balaban J connectivity index is 1.63. The van der Waals surface area contributed by atoms with Crippen molar-refractivity contribution in [3.63, 3.8) is 0 Å². The average Bonchev–Trinajstić information content (AvgIpc) is 3.17. The minimum Gasteiger partial charge on any atom is -0.446 e. The number of primary amides is 1. The standard InChI is InChI=1S/C22H27N5O2/c1-14(2)20-18(16-12-15(3)21-24-8-11-27(21)13-16)4-5-19(25-20)26-9-6-17(7-10-26)29-22(23)28/h4-5,8,11-14,17H,6-7,9-10H2,1-3H3,(H2,23,28). The fourth-order valence-electron chi connectivity index (χ4n) is 4.05. The van der Waals surface area contributed by atoms with Crippen molar-refractivity contribution >= 4 is 17.6 Å². The molecule has 0 unspecified atom stereocenters. The van der Waals surface area contributed by atoms with Crippen molar-refractivity contribution in [3.05, 3.63) is 48.0 Å². The first-order chi connectivity index (χ1) is 13.9. The molecule has 0 atom stereocenters. The van der Waals surface area contributed by atoms with Crippen LogP contribution in [-0.4, -0.2) is 39.7 Å². The van der Waals surface area contributed by atoms with Crippen LogP contribution in [0.4, 0.5) is 10.6 Å². The number of piperidine rings is 1. The molecule has 152 valence electrons. The lowest BCUT2D eigenvalue weighted by atomic mass is 9.97. The molecule has 7 nitrogen and oxygen atoms in total. The summed E-state index contributed by atoms with van der Waals surface area (Å²) >= 11 is 0. The van der Waals surface area contributed by atoms with Gasteiger partial charge in [0.25, 0.3) is 0 Å². The van der Waals surface area contributed by atoms with Crippen LogP contribution in [0.15, 0.2) is 36.8 Å². The van der Waals surface area contributed by atoms with Crippen molar-refractivity contribution in [1.82, 2.24) is 14.4 Å². The number of pyridine rings is 2. The van der Waals surface area contributed by atoms with Gasteiger partial charge < -0.3 is 19.8 Å². The highest BCUT2D eigenvalue weighted by Gasteiger charge is 2.23. The zero-order chi connectivity index (χ0) is 20.5. The summed E-state index contributed by atoms with van der Waals surface area (Å²) in [6.07, 6.45) is 6.64. The Bertz CT molecular complexity index is 1030. The Labute approximate surface area is 170 Å². The van der Waals surface area contributed by atoms with Crippen LogP contribution in [0.25, 0.3) is 16.8 Å². The van der Waals surface area contributed by atoms with Gasteiger partial charge in [-0.25, -0.2) is 14.8 Å². The maximum Gasteiger partial charge on any atom is 0.404 e. The summed E-state index contributed by atoms with van der Waals surface area (Å²) in [6.45, 7) is 8.02. The smallest absolute Gasteiger partial charge is 0.404 e. The van der Waals surface area contributed by atoms with Gasteiger partial charge in [-0.15, -0.1) is 0 Å². The van der Waals surface area contributed by atoms with Gasteiger partial charge in [0.15, 0.2) is 0 Å². The van der Waals surface area contributed by atoms with Crippen molar-refractivity contribution in [2.24, 2.45) is 5.73 Å². The fraction of sp³-hybridized carbons (Fsp3) is 0.409. The molecule has 1 aliphatic heterocycles. The zero-order valence-corrected chi connectivity index (χ0v) is 17.1. The van der Waals surface area contributed by atoms with Crippen molar-refractivity contribution in [1.29, 1.82) is 0 Å². The molecule has 1 amide bonds. The highest BCUT2D eigenvalue weighted by Crippen LogP contribution is 2.32. The average molecular weight is 393 g/mol. The number of anilines is 1. The first-order valence-electron chi connectivity index (χ1n) is 10.1. The molecule has 1 saturated heterocycles. The first-order valence-corrected chi connectivity index (χ1v) is 10.1. The lowest BCUT2D eigenvalue weighted by molar-refractivity contribution is 0.0911. The minimum absolute atomic E-state index is 0.0996. The lowest BCUT2D eigenvalue weighted by Crippen LogP contribution is -2.39. The Morgan fingerprint density at radius 3 is 2.72 bits per heavy atom. The van der Waals surface area contributed by atoms with E-state index in [1.165, 1.54) is 0 Å². The molecule has 0 aliphatic carbocycles. The normalized spacial score (nSPS) is 15.2. The molecule has 0 spiro atoms. The van der Waals surface area contributed by atoms with E-state index < -0.39 is 6.09 Å². The van der Waals surface area contributed by atoms with Crippen LogP contribution in [0.2, 0.25) is 0 Å². The van der Waals surface area contributed by atoms with Crippen molar-refractivity contribution in [3.8, 4) is 11.1 Å². The third-order valence-electron chi connectivity index (χ3n) is 5.49. The Morgan fingerprint density at radius 2 is 2.03 bits per heavy atom. The van der Waals surface area contributed by atoms with Crippen LogP contribution in [0.1, 0.15) is 43.9 Å². The molecule has 4 heterocycles. The van der Waals surface area contributed by atoms with Crippen LogP contribution >= 0.6 is 0 Å². The number of hydrogen-bond donors (Lipinski definition) is 1. The summed E-state index contributed by atoms with van der Waals surface area (Å²) in [5, 5.41) is 0. The van der Waals surface area contributed by atoms with E-state index in [9.17, 15) is 4.79 Å². The van der Waals surface area contributed by atoms with E-state index >= 15 is 0 Å². The highest BCUT2D eigenvalue weighted by molar-refractivity contribution is 5.70. The van der Waals surface area contributed by atoms with E-state index in [-0.39, 0.29) is 6.10 Å². The van der Waals surface area contributed by atoms with Gasteiger partial charge in [-0.2, -0.15) is 0 Å². The molecule has 2 N–H and O–H groups in total. The topological polar surface area (TPSA) is 85.8 Å². The van der Waals surface area contributed by atoms with Crippen LogP contribution in [0.5, 0.6) is 0 Å². The number of fused-ring (bicyclic) bond motifs is 1. The number of aryl methyl sites for hydroxylation is 1. The number of carbonyl (C=O) groups excluding carboxylic acids is 1. The Hall–Kier alpha value is -3.09. The molecule has 0 aromatic carbocycles. The molecule has 4 rings (SSSR count). The summed E-state index contributed by atoms with van der Waals surface area (Å²) < 4.78 is 7.20. The van der Waals surface area contributed by atoms with E-state index in [0.29, 0.717) is 5.92 Å². The quantitative estimate of drug-likeness (QED) is 0.727. The van der Waals surface area contributed by atoms with Crippen LogP contribution in [-0.2, 0) is 4.74 Å². The second kappa shape index (κ2) is 7.73. The molecule has 29 heavy (non-hydrogen) atoms. The molecule has 3 aromatic rings. The summed E-state index contributed by atoms with van der Waals surface area (Å²) in [5.41, 5.74) is 10.6. The highest BCUT2D eigenvalue weighted by atomic mass is 16.6. The van der Waals surface area contributed by atoms with E-state index in [1.807, 2.05) is 12.4 Å². The van der Waals surface area contributed by atoms with Crippen LogP contribution in [0.3, 0.4) is 0 Å². The molecule has 7 heteroatoms. The monoisotopic (exact) mass is 393 g/mol. The summed E-state index contributed by atoms with van der Waals surface area (Å²) in [6, 6.07) is 6.43. The van der Waals surface area contributed by atoms with E-state index in [1.54, 1.807) is 0 Å². The Kier molecular flexibility index (Phi) is 5.13. The summed E-state index contributed by atoms with van der Waals surface area (Å²) in [7, 11) is 0. The number of aromatic nitrogens is 3. The number of carbonyl (C=O) groups is 1. The SMILES string of the molecule is Cc1cc(-c2ccc(N3CCC(OC(N)=O)CC3)nc2C(C)C)cn2ccnc12. The van der Waals surface area contributed by atoms with Gasteiger partial charge in [0.1, 0.15) is 17.6 Å². The van der Waals surface area contributed by atoms with Crippen molar-refractivity contribution < 1.29 is 9.53 Å². The number of imidazole rings is 1. The number of amides is 1. The van der Waals surface area contributed by atoms with Crippen LogP contribution < -0.4 is 10.6 Å². The van der Waals surface area contributed by atoms with E-state index in [4.69, 9.17) is 15.5 Å². The molecule has 0 saturated carbocycles. The number of rotatable bonds is 4. The molecule has 1 fully saturated rings. The van der Waals surface area contributed by atoms with Crippen LogP contribution in [0, 0.1) is 6.92 Å². The minimum atomic E-state index is -0.696. The fourth-order valence-corrected chi connectivity index (χ4v) is 4.05. The summed E-state index contributed by atoms with van der Waals surface area (Å²) in [5.74, 6) is 1.26. The van der Waals surface area contributed by atoms with Crippen molar-refractivity contribution in [2.45, 2.75) is 45.6 Å². The van der Waals surface area contributed by atoms with Crippen molar-refractivity contribution in [2.75, 3.05) is 18.0 Å². The largest absolute Gasteiger partial charge is 0.446 e. The Morgan fingerprint density at radius 1 is 1.28 bits per heavy atom. The molecular weight excluding hydrogens is 366 g/mol. The molecule has 0 radical (unpaired) electrons. The number of nitrogens with two attached hydrogens (primary N) is 1. The number of nitrogens with zero attached hydrogens (tertiary/aromatic N) is 4. The number of ether oxygens (including phenoxy) is 1. The van der Waals surface area contributed by atoms with Gasteiger partial charge in [0.2, 0.25) is 0 Å². The zero-order valence-electron chi connectivity index (χ0n) is 17.1. The predicted molar refractivity (Wildman–Crippen MR) is 113 cm³/mol. The second-order valence-electron chi connectivity index (χ2n) is 7.95. The molecular formula is C22H27N5O2. The van der Waals surface area contributed by atoms with E-state index in [0.717, 1.165) is 59.8 Å². The molecule has 0 bridgehead atoms. The second-order valence-corrected chi connectivity index (χ2v) is 7.95. The van der Waals surface area contributed by atoms with Gasteiger partial charge in [-0.05, 0) is 36.6 Å². The lowest BCUT2D eigenvalue weighted by Gasteiger charge is -2.32. The molecule has 1 aliphatic rings.